The Morgan fingerprint density at radius 3 is 2.67 bits per heavy atom. The van der Waals surface area contributed by atoms with E-state index in [4.69, 9.17) is 9.15 Å². The number of aromatic nitrogens is 3. The fourth-order valence-electron chi connectivity index (χ4n) is 3.65. The van der Waals surface area contributed by atoms with Crippen LogP contribution >= 0.6 is 0 Å². The topological polar surface area (TPSA) is 90.8 Å². The van der Waals surface area contributed by atoms with E-state index in [1.54, 1.807) is 29.7 Å². The number of amides is 1. The summed E-state index contributed by atoms with van der Waals surface area (Å²) in [4.78, 5) is 25.9. The molecule has 0 unspecified atom stereocenters. The van der Waals surface area contributed by atoms with Gasteiger partial charge in [-0.25, -0.2) is 4.68 Å². The van der Waals surface area contributed by atoms with Gasteiger partial charge in [0.1, 0.15) is 23.1 Å². The van der Waals surface area contributed by atoms with Crippen molar-refractivity contribution in [2.24, 2.45) is 0 Å². The minimum Gasteiger partial charge on any atom is -0.494 e. The molecule has 4 rings (SSSR count). The zero-order valence-electron chi connectivity index (χ0n) is 17.2. The number of nitrogens with zero attached hydrogens (tertiary/aromatic N) is 3. The fraction of sp³-hybridized carbons (Fsp3) is 0.318. The molecular formula is C22H24N4O4. The normalized spacial score (nSPS) is 12.4. The third-order valence-electron chi connectivity index (χ3n) is 5.11. The Bertz CT molecular complexity index is 1250. The van der Waals surface area contributed by atoms with E-state index in [-0.39, 0.29) is 11.5 Å². The van der Waals surface area contributed by atoms with Crippen molar-refractivity contribution in [2.45, 2.75) is 39.8 Å². The van der Waals surface area contributed by atoms with Gasteiger partial charge in [-0.15, -0.1) is 0 Å². The van der Waals surface area contributed by atoms with Gasteiger partial charge in [0.2, 0.25) is 5.91 Å². The van der Waals surface area contributed by atoms with Gasteiger partial charge < -0.3 is 14.5 Å². The average Bonchev–Trinajstić information content (AvgIpc) is 3.33. The summed E-state index contributed by atoms with van der Waals surface area (Å²) >= 11 is 0. The SMILES string of the molecule is CCOc1ccc(CNC(=O)[C@@H](CC)n2nc(C)n3c(cc4occc43)c2=O)cc1. The second-order valence-corrected chi connectivity index (χ2v) is 7.05. The van der Waals surface area contributed by atoms with Crippen LogP contribution in [-0.2, 0) is 11.3 Å². The molecule has 0 bridgehead atoms. The highest BCUT2D eigenvalue weighted by Gasteiger charge is 2.23. The first kappa shape index (κ1) is 19.8. The van der Waals surface area contributed by atoms with Crippen LogP contribution in [0.25, 0.3) is 16.6 Å². The van der Waals surface area contributed by atoms with Gasteiger partial charge in [-0.05, 0) is 38.0 Å². The van der Waals surface area contributed by atoms with E-state index in [1.165, 1.54) is 4.68 Å². The van der Waals surface area contributed by atoms with Gasteiger partial charge in [-0.1, -0.05) is 19.1 Å². The number of fused-ring (bicyclic) bond motifs is 3. The quantitative estimate of drug-likeness (QED) is 0.507. The molecule has 0 saturated heterocycles. The van der Waals surface area contributed by atoms with Gasteiger partial charge in [0, 0.05) is 18.7 Å². The lowest BCUT2D eigenvalue weighted by molar-refractivity contribution is -0.125. The molecule has 8 nitrogen and oxygen atoms in total. The van der Waals surface area contributed by atoms with Crippen LogP contribution in [0.2, 0.25) is 0 Å². The van der Waals surface area contributed by atoms with Crippen LogP contribution in [0.1, 0.15) is 37.7 Å². The number of nitrogens with one attached hydrogen (secondary N) is 1. The second-order valence-electron chi connectivity index (χ2n) is 7.05. The Kier molecular flexibility index (Phi) is 5.31. The number of furan rings is 1. The van der Waals surface area contributed by atoms with Crippen molar-refractivity contribution < 1.29 is 13.9 Å². The van der Waals surface area contributed by atoms with Crippen molar-refractivity contribution in [1.82, 2.24) is 19.5 Å². The third kappa shape index (κ3) is 3.45. The van der Waals surface area contributed by atoms with Crippen LogP contribution in [-0.4, -0.2) is 26.7 Å². The van der Waals surface area contributed by atoms with Gasteiger partial charge >= 0.3 is 0 Å². The maximum absolute atomic E-state index is 13.1. The van der Waals surface area contributed by atoms with Crippen LogP contribution in [0.4, 0.5) is 0 Å². The minimum atomic E-state index is -0.704. The van der Waals surface area contributed by atoms with Crippen molar-refractivity contribution in [1.29, 1.82) is 0 Å². The molecule has 0 aliphatic carbocycles. The monoisotopic (exact) mass is 408 g/mol. The summed E-state index contributed by atoms with van der Waals surface area (Å²) in [6, 6.07) is 10.3. The number of carbonyl (C=O) groups excluding carboxylic acids is 1. The maximum atomic E-state index is 13.1. The predicted molar refractivity (Wildman–Crippen MR) is 113 cm³/mol. The average molecular weight is 408 g/mol. The van der Waals surface area contributed by atoms with Crippen molar-refractivity contribution in [3.05, 3.63) is 64.4 Å². The summed E-state index contributed by atoms with van der Waals surface area (Å²) in [5.41, 5.74) is 2.46. The number of ether oxygens (including phenoxy) is 1. The lowest BCUT2D eigenvalue weighted by Crippen LogP contribution is -2.39. The van der Waals surface area contributed by atoms with Crippen molar-refractivity contribution in [3.8, 4) is 5.75 Å². The molecule has 1 aromatic carbocycles. The summed E-state index contributed by atoms with van der Waals surface area (Å²) in [7, 11) is 0. The Hall–Kier alpha value is -3.55. The van der Waals surface area contributed by atoms with Crippen LogP contribution in [0, 0.1) is 6.92 Å². The molecule has 0 fully saturated rings. The van der Waals surface area contributed by atoms with Crippen molar-refractivity contribution in [2.75, 3.05) is 6.61 Å². The number of aryl methyl sites for hydroxylation is 1. The Labute approximate surface area is 173 Å². The predicted octanol–water partition coefficient (Wildman–Crippen LogP) is 3.22. The van der Waals surface area contributed by atoms with Gasteiger partial charge in [-0.2, -0.15) is 5.10 Å². The second kappa shape index (κ2) is 8.06. The number of hydrogen-bond donors (Lipinski definition) is 1. The molecule has 0 aliphatic heterocycles. The maximum Gasteiger partial charge on any atom is 0.291 e. The van der Waals surface area contributed by atoms with Gasteiger partial charge in [0.25, 0.3) is 5.56 Å². The first-order valence-corrected chi connectivity index (χ1v) is 10.0. The molecular weight excluding hydrogens is 384 g/mol. The number of rotatable bonds is 7. The smallest absolute Gasteiger partial charge is 0.291 e. The highest BCUT2D eigenvalue weighted by atomic mass is 16.5. The molecule has 0 radical (unpaired) electrons. The van der Waals surface area contributed by atoms with E-state index >= 15 is 0 Å². The van der Waals surface area contributed by atoms with E-state index in [0.717, 1.165) is 16.8 Å². The number of carbonyl (C=O) groups is 1. The molecule has 156 valence electrons. The Morgan fingerprint density at radius 2 is 1.97 bits per heavy atom. The molecule has 1 amide bonds. The Morgan fingerprint density at radius 1 is 1.20 bits per heavy atom. The van der Waals surface area contributed by atoms with Gasteiger partial charge in [-0.3, -0.25) is 14.0 Å². The summed E-state index contributed by atoms with van der Waals surface area (Å²) in [5, 5.41) is 7.34. The fourth-order valence-corrected chi connectivity index (χ4v) is 3.65. The Balaban J connectivity index is 1.58. The first-order valence-electron chi connectivity index (χ1n) is 10.0. The molecule has 3 heterocycles. The van der Waals surface area contributed by atoms with E-state index in [9.17, 15) is 9.59 Å². The largest absolute Gasteiger partial charge is 0.494 e. The number of hydrogen-bond acceptors (Lipinski definition) is 5. The minimum absolute atomic E-state index is 0.250. The van der Waals surface area contributed by atoms with E-state index < -0.39 is 6.04 Å². The van der Waals surface area contributed by atoms with Gasteiger partial charge in [0.15, 0.2) is 5.58 Å². The van der Waals surface area contributed by atoms with Crippen LogP contribution in [0.5, 0.6) is 5.75 Å². The third-order valence-corrected chi connectivity index (χ3v) is 5.11. The van der Waals surface area contributed by atoms with E-state index in [0.29, 0.717) is 36.5 Å². The molecule has 1 N–H and O–H groups in total. The molecule has 0 aliphatic rings. The molecule has 8 heteroatoms. The van der Waals surface area contributed by atoms with E-state index in [2.05, 4.69) is 10.4 Å². The zero-order valence-corrected chi connectivity index (χ0v) is 17.2. The van der Waals surface area contributed by atoms with Crippen molar-refractivity contribution in [3.63, 3.8) is 0 Å². The van der Waals surface area contributed by atoms with E-state index in [1.807, 2.05) is 38.1 Å². The highest BCUT2D eigenvalue weighted by molar-refractivity contribution is 5.83. The zero-order chi connectivity index (χ0) is 21.3. The lowest BCUT2D eigenvalue weighted by Gasteiger charge is -2.18. The van der Waals surface area contributed by atoms with Crippen LogP contribution in [0.3, 0.4) is 0 Å². The summed E-state index contributed by atoms with van der Waals surface area (Å²) in [5.74, 6) is 1.15. The van der Waals surface area contributed by atoms with Crippen molar-refractivity contribution >= 4 is 22.5 Å². The molecule has 1 atom stereocenters. The summed E-state index contributed by atoms with van der Waals surface area (Å²) in [6.07, 6.45) is 2.01. The molecule has 0 saturated carbocycles. The summed E-state index contributed by atoms with van der Waals surface area (Å²) < 4.78 is 13.9. The number of benzene rings is 1. The molecule has 30 heavy (non-hydrogen) atoms. The standard InChI is InChI=1S/C22H24N4O4/c1-4-17(21(27)23-13-15-6-8-16(9-7-15)29-5-2)26-22(28)19-12-20-18(10-11-30-20)25(19)14(3)24-26/h6-12,17H,4-5,13H2,1-3H3,(H,23,27)/t17-/m1/s1. The molecule has 4 aromatic rings. The first-order chi connectivity index (χ1) is 14.5. The summed E-state index contributed by atoms with van der Waals surface area (Å²) in [6.45, 7) is 6.56. The highest BCUT2D eigenvalue weighted by Crippen LogP contribution is 2.21. The lowest BCUT2D eigenvalue weighted by atomic mass is 10.2. The molecule has 3 aromatic heterocycles. The van der Waals surface area contributed by atoms with Crippen LogP contribution in [0.15, 0.2) is 51.9 Å². The molecule has 0 spiro atoms. The van der Waals surface area contributed by atoms with Gasteiger partial charge in [0.05, 0.1) is 18.4 Å². The van der Waals surface area contributed by atoms with Crippen LogP contribution < -0.4 is 15.6 Å².